The SMILES string of the molecule is CCC1(c2cc(C)cc(F)c2)CCCN1. The van der Waals surface area contributed by atoms with Crippen LogP contribution in [0.1, 0.15) is 37.3 Å². The van der Waals surface area contributed by atoms with Gasteiger partial charge in [-0.25, -0.2) is 4.39 Å². The van der Waals surface area contributed by atoms with Gasteiger partial charge in [0, 0.05) is 5.54 Å². The second-order valence-corrected chi connectivity index (χ2v) is 4.48. The number of halogens is 1. The summed E-state index contributed by atoms with van der Waals surface area (Å²) < 4.78 is 13.4. The molecule has 0 bridgehead atoms. The van der Waals surface area contributed by atoms with E-state index in [0.29, 0.717) is 0 Å². The lowest BCUT2D eigenvalue weighted by molar-refractivity contribution is 0.374. The summed E-state index contributed by atoms with van der Waals surface area (Å²) in [5, 5.41) is 3.52. The molecule has 2 rings (SSSR count). The van der Waals surface area contributed by atoms with Crippen LogP contribution in [0.15, 0.2) is 18.2 Å². The summed E-state index contributed by atoms with van der Waals surface area (Å²) in [7, 11) is 0. The van der Waals surface area contributed by atoms with Crippen molar-refractivity contribution in [1.29, 1.82) is 0 Å². The molecule has 1 aliphatic heterocycles. The molecule has 2 heteroatoms. The van der Waals surface area contributed by atoms with Crippen LogP contribution >= 0.6 is 0 Å². The molecule has 15 heavy (non-hydrogen) atoms. The van der Waals surface area contributed by atoms with Gasteiger partial charge in [0.15, 0.2) is 0 Å². The zero-order valence-corrected chi connectivity index (χ0v) is 9.44. The highest BCUT2D eigenvalue weighted by molar-refractivity contribution is 5.30. The Bertz CT molecular complexity index is 333. The van der Waals surface area contributed by atoms with E-state index in [0.717, 1.165) is 30.5 Å². The maximum atomic E-state index is 13.4. The van der Waals surface area contributed by atoms with Crippen LogP contribution in [0.25, 0.3) is 0 Å². The van der Waals surface area contributed by atoms with Crippen LogP contribution in [0.4, 0.5) is 4.39 Å². The van der Waals surface area contributed by atoms with Crippen molar-refractivity contribution in [3.8, 4) is 0 Å². The molecule has 1 heterocycles. The van der Waals surface area contributed by atoms with E-state index in [1.807, 2.05) is 6.92 Å². The van der Waals surface area contributed by atoms with E-state index in [1.54, 1.807) is 12.1 Å². The van der Waals surface area contributed by atoms with Crippen molar-refractivity contribution in [2.75, 3.05) is 6.54 Å². The van der Waals surface area contributed by atoms with Crippen LogP contribution in [0.2, 0.25) is 0 Å². The third-order valence-corrected chi connectivity index (χ3v) is 3.44. The summed E-state index contributed by atoms with van der Waals surface area (Å²) in [6.07, 6.45) is 3.33. The van der Waals surface area contributed by atoms with Gasteiger partial charge in [0.05, 0.1) is 0 Å². The second-order valence-electron chi connectivity index (χ2n) is 4.48. The van der Waals surface area contributed by atoms with Gasteiger partial charge in [-0.2, -0.15) is 0 Å². The Kier molecular flexibility index (Phi) is 2.79. The number of rotatable bonds is 2. The topological polar surface area (TPSA) is 12.0 Å². The monoisotopic (exact) mass is 207 g/mol. The van der Waals surface area contributed by atoms with Crippen LogP contribution in [-0.2, 0) is 5.54 Å². The maximum absolute atomic E-state index is 13.4. The number of hydrogen-bond acceptors (Lipinski definition) is 1. The molecule has 1 aliphatic rings. The Balaban J connectivity index is 2.42. The van der Waals surface area contributed by atoms with Crippen LogP contribution in [0.5, 0.6) is 0 Å². The van der Waals surface area contributed by atoms with E-state index in [1.165, 1.54) is 6.42 Å². The fraction of sp³-hybridized carbons (Fsp3) is 0.538. The van der Waals surface area contributed by atoms with Gasteiger partial charge in [-0.1, -0.05) is 13.0 Å². The molecule has 0 spiro atoms. The Morgan fingerprint density at radius 3 is 2.73 bits per heavy atom. The number of nitrogens with one attached hydrogen (secondary N) is 1. The van der Waals surface area contributed by atoms with E-state index >= 15 is 0 Å². The van der Waals surface area contributed by atoms with Gasteiger partial charge in [0.1, 0.15) is 5.82 Å². The lowest BCUT2D eigenvalue weighted by Crippen LogP contribution is -2.36. The molecule has 1 unspecified atom stereocenters. The predicted octanol–water partition coefficient (Wildman–Crippen LogP) is 3.12. The molecule has 0 saturated carbocycles. The first kappa shape index (κ1) is 10.6. The molecular formula is C13H18FN. The zero-order chi connectivity index (χ0) is 10.9. The molecule has 82 valence electrons. The van der Waals surface area contributed by atoms with E-state index in [4.69, 9.17) is 0 Å². The summed E-state index contributed by atoms with van der Waals surface area (Å²) >= 11 is 0. The molecule has 0 aliphatic carbocycles. The van der Waals surface area contributed by atoms with Gasteiger partial charge < -0.3 is 5.32 Å². The van der Waals surface area contributed by atoms with Crippen molar-refractivity contribution in [1.82, 2.24) is 5.32 Å². The Labute approximate surface area is 90.7 Å². The van der Waals surface area contributed by atoms with Crippen LogP contribution in [0, 0.1) is 12.7 Å². The summed E-state index contributed by atoms with van der Waals surface area (Å²) in [5.41, 5.74) is 2.14. The van der Waals surface area contributed by atoms with Crippen LogP contribution in [0.3, 0.4) is 0 Å². The summed E-state index contributed by atoms with van der Waals surface area (Å²) in [6.45, 7) is 5.16. The fourth-order valence-corrected chi connectivity index (χ4v) is 2.57. The lowest BCUT2D eigenvalue weighted by Gasteiger charge is -2.29. The molecular weight excluding hydrogens is 189 g/mol. The van der Waals surface area contributed by atoms with Crippen LogP contribution < -0.4 is 5.32 Å². The fourth-order valence-electron chi connectivity index (χ4n) is 2.57. The molecule has 1 atom stereocenters. The second kappa shape index (κ2) is 3.93. The van der Waals surface area contributed by atoms with Gasteiger partial charge in [-0.3, -0.25) is 0 Å². The largest absolute Gasteiger partial charge is 0.307 e. The third-order valence-electron chi connectivity index (χ3n) is 3.44. The van der Waals surface area contributed by atoms with Crippen molar-refractivity contribution >= 4 is 0 Å². The highest BCUT2D eigenvalue weighted by atomic mass is 19.1. The van der Waals surface area contributed by atoms with Crippen molar-refractivity contribution in [2.45, 2.75) is 38.6 Å². The maximum Gasteiger partial charge on any atom is 0.123 e. The third kappa shape index (κ3) is 1.91. The van der Waals surface area contributed by atoms with Gasteiger partial charge in [-0.05, 0) is 56.0 Å². The molecule has 0 amide bonds. The van der Waals surface area contributed by atoms with E-state index in [9.17, 15) is 4.39 Å². The van der Waals surface area contributed by atoms with E-state index in [-0.39, 0.29) is 11.4 Å². The first-order chi connectivity index (χ1) is 7.16. The minimum atomic E-state index is -0.119. The van der Waals surface area contributed by atoms with Crippen molar-refractivity contribution in [3.63, 3.8) is 0 Å². The molecule has 1 N–H and O–H groups in total. The molecule has 1 fully saturated rings. The van der Waals surface area contributed by atoms with Crippen molar-refractivity contribution in [2.24, 2.45) is 0 Å². The quantitative estimate of drug-likeness (QED) is 0.785. The minimum Gasteiger partial charge on any atom is -0.307 e. The van der Waals surface area contributed by atoms with Crippen molar-refractivity contribution < 1.29 is 4.39 Å². The average Bonchev–Trinajstić information content (AvgIpc) is 2.65. The lowest BCUT2D eigenvalue weighted by atomic mass is 9.85. The van der Waals surface area contributed by atoms with E-state index in [2.05, 4.69) is 18.3 Å². The standard InChI is InChI=1S/C13H18FN/c1-3-13(5-4-6-15-13)11-7-10(2)8-12(14)9-11/h7-9,15H,3-6H2,1-2H3. The molecule has 1 nitrogen and oxygen atoms in total. The molecule has 1 saturated heterocycles. The number of aryl methyl sites for hydroxylation is 1. The number of benzene rings is 1. The Hall–Kier alpha value is -0.890. The smallest absolute Gasteiger partial charge is 0.123 e. The van der Waals surface area contributed by atoms with E-state index < -0.39 is 0 Å². The highest BCUT2D eigenvalue weighted by Crippen LogP contribution is 2.34. The summed E-state index contributed by atoms with van der Waals surface area (Å²) in [5.74, 6) is -0.119. The Morgan fingerprint density at radius 1 is 1.40 bits per heavy atom. The van der Waals surface area contributed by atoms with Gasteiger partial charge in [0.25, 0.3) is 0 Å². The van der Waals surface area contributed by atoms with Crippen LogP contribution in [-0.4, -0.2) is 6.54 Å². The summed E-state index contributed by atoms with van der Waals surface area (Å²) in [4.78, 5) is 0. The predicted molar refractivity (Wildman–Crippen MR) is 60.3 cm³/mol. The Morgan fingerprint density at radius 2 is 2.20 bits per heavy atom. The van der Waals surface area contributed by atoms with Gasteiger partial charge in [-0.15, -0.1) is 0 Å². The normalized spacial score (nSPS) is 25.8. The van der Waals surface area contributed by atoms with Crippen molar-refractivity contribution in [3.05, 3.63) is 35.1 Å². The van der Waals surface area contributed by atoms with Gasteiger partial charge in [0.2, 0.25) is 0 Å². The first-order valence-electron chi connectivity index (χ1n) is 5.69. The molecule has 1 aromatic rings. The highest BCUT2D eigenvalue weighted by Gasteiger charge is 2.33. The zero-order valence-electron chi connectivity index (χ0n) is 9.44. The van der Waals surface area contributed by atoms with Gasteiger partial charge >= 0.3 is 0 Å². The summed E-state index contributed by atoms with van der Waals surface area (Å²) in [6, 6.07) is 5.36. The molecule has 1 aromatic carbocycles. The minimum absolute atomic E-state index is 0.0207. The average molecular weight is 207 g/mol. The first-order valence-corrected chi connectivity index (χ1v) is 5.69. The molecule has 0 radical (unpaired) electrons. The number of hydrogen-bond donors (Lipinski definition) is 1. The molecule has 0 aromatic heterocycles.